The number of halogens is 1. The number of hydrogen-bond donors (Lipinski definition) is 0. The third-order valence-corrected chi connectivity index (χ3v) is 4.55. The zero-order valence-corrected chi connectivity index (χ0v) is 12.4. The van der Waals surface area contributed by atoms with E-state index in [0.29, 0.717) is 10.4 Å². The molecule has 0 N–H and O–H groups in total. The van der Waals surface area contributed by atoms with Crippen LogP contribution in [0, 0.1) is 0 Å². The van der Waals surface area contributed by atoms with Gasteiger partial charge in [0.1, 0.15) is 5.69 Å². The third-order valence-electron chi connectivity index (χ3n) is 3.22. The Morgan fingerprint density at radius 1 is 1.39 bits per heavy atom. The smallest absolute Gasteiger partial charge is 0.270 e. The Balaban J connectivity index is 1.95. The maximum absolute atomic E-state index is 12.4. The summed E-state index contributed by atoms with van der Waals surface area (Å²) in [6.45, 7) is 1.67. The minimum atomic E-state index is 0.0975. The van der Waals surface area contributed by atoms with Crippen LogP contribution in [0.25, 0.3) is 11.1 Å². The third kappa shape index (κ3) is 1.97. The molecule has 1 saturated heterocycles. The van der Waals surface area contributed by atoms with Crippen LogP contribution < -0.4 is 0 Å². The quantitative estimate of drug-likeness (QED) is 0.807. The fourth-order valence-electron chi connectivity index (χ4n) is 2.22. The van der Waals surface area contributed by atoms with Gasteiger partial charge in [-0.2, -0.15) is 11.8 Å². The van der Waals surface area contributed by atoms with Crippen molar-refractivity contribution in [3.8, 4) is 0 Å². The molecule has 96 valence electrons. The summed E-state index contributed by atoms with van der Waals surface area (Å²) in [4.78, 5) is 14.3. The van der Waals surface area contributed by atoms with E-state index >= 15 is 0 Å². The Hall–Kier alpha value is -0.880. The van der Waals surface area contributed by atoms with Crippen LogP contribution in [0.4, 0.5) is 0 Å². The fourth-order valence-corrected chi connectivity index (χ4v) is 3.51. The highest BCUT2D eigenvalue weighted by atomic mass is 79.9. The first-order chi connectivity index (χ1) is 8.66. The monoisotopic (exact) mass is 328 g/mol. The van der Waals surface area contributed by atoms with E-state index in [9.17, 15) is 4.79 Å². The zero-order valence-electron chi connectivity index (χ0n) is 9.98. The topological polar surface area (TPSA) is 38.4 Å². The number of hydrogen-bond acceptors (Lipinski definition) is 3. The highest BCUT2D eigenvalue weighted by Gasteiger charge is 2.23. The van der Waals surface area contributed by atoms with Crippen LogP contribution in [0.15, 0.2) is 21.2 Å². The van der Waals surface area contributed by atoms with Crippen molar-refractivity contribution in [1.29, 1.82) is 0 Å². The molecule has 0 radical (unpaired) electrons. The molecule has 3 rings (SSSR count). The average Bonchev–Trinajstić information content (AvgIpc) is 2.88. The molecule has 3 heterocycles. The summed E-state index contributed by atoms with van der Waals surface area (Å²) in [5.74, 6) is 2.15. The van der Waals surface area contributed by atoms with Crippen LogP contribution in [0.2, 0.25) is 0 Å². The number of carbonyl (C=O) groups is 1. The second-order valence-electron chi connectivity index (χ2n) is 4.29. The molecular weight excluding hydrogens is 316 g/mol. The predicted molar refractivity (Wildman–Crippen MR) is 76.1 cm³/mol. The van der Waals surface area contributed by atoms with E-state index in [1.54, 1.807) is 0 Å². The maximum atomic E-state index is 12.4. The van der Waals surface area contributed by atoms with Crippen molar-refractivity contribution in [1.82, 2.24) is 9.47 Å². The van der Waals surface area contributed by atoms with Crippen LogP contribution in [0.1, 0.15) is 10.5 Å². The Morgan fingerprint density at radius 2 is 2.11 bits per heavy atom. The number of aryl methyl sites for hydroxylation is 1. The summed E-state index contributed by atoms with van der Waals surface area (Å²) in [5.41, 5.74) is 2.39. The van der Waals surface area contributed by atoms with Gasteiger partial charge in [-0.05, 0) is 15.9 Å². The summed E-state index contributed by atoms with van der Waals surface area (Å²) in [5, 5.41) is 0. The highest BCUT2D eigenvalue weighted by Crippen LogP contribution is 2.27. The number of fused-ring (bicyclic) bond motifs is 1. The van der Waals surface area contributed by atoms with Crippen molar-refractivity contribution in [3.05, 3.63) is 22.5 Å². The van der Waals surface area contributed by atoms with Gasteiger partial charge in [0.25, 0.3) is 5.91 Å². The van der Waals surface area contributed by atoms with Crippen molar-refractivity contribution in [2.45, 2.75) is 0 Å². The van der Waals surface area contributed by atoms with Crippen LogP contribution in [-0.4, -0.2) is 40.0 Å². The van der Waals surface area contributed by atoms with E-state index in [1.165, 1.54) is 0 Å². The molecule has 2 aromatic rings. The number of amides is 1. The van der Waals surface area contributed by atoms with Gasteiger partial charge in [-0.3, -0.25) is 4.79 Å². The Labute approximate surface area is 117 Å². The SMILES string of the molecule is Cn1c(C(=O)N2CCSCC2)cc2oc(Br)cc21. The number of aromatic nitrogens is 1. The highest BCUT2D eigenvalue weighted by molar-refractivity contribution is 9.10. The maximum Gasteiger partial charge on any atom is 0.270 e. The van der Waals surface area contributed by atoms with E-state index in [0.717, 1.165) is 35.7 Å². The van der Waals surface area contributed by atoms with Gasteiger partial charge in [0.2, 0.25) is 0 Å². The Kier molecular flexibility index (Phi) is 3.15. The van der Waals surface area contributed by atoms with Crippen molar-refractivity contribution in [3.63, 3.8) is 0 Å². The summed E-state index contributed by atoms with van der Waals surface area (Å²) >= 11 is 5.20. The van der Waals surface area contributed by atoms with Gasteiger partial charge in [0.05, 0.1) is 5.52 Å². The van der Waals surface area contributed by atoms with E-state index in [4.69, 9.17) is 4.42 Å². The van der Waals surface area contributed by atoms with Crippen LogP contribution >= 0.6 is 27.7 Å². The fraction of sp³-hybridized carbons (Fsp3) is 0.417. The lowest BCUT2D eigenvalue weighted by Crippen LogP contribution is -2.38. The predicted octanol–water partition coefficient (Wildman–Crippen LogP) is 2.72. The summed E-state index contributed by atoms with van der Waals surface area (Å²) in [6.07, 6.45) is 0. The lowest BCUT2D eigenvalue weighted by atomic mass is 10.3. The Bertz CT molecular complexity index is 599. The molecule has 1 aliphatic heterocycles. The van der Waals surface area contributed by atoms with Crippen LogP contribution in [-0.2, 0) is 7.05 Å². The summed E-state index contributed by atoms with van der Waals surface area (Å²) in [7, 11) is 1.90. The van der Waals surface area contributed by atoms with Crippen LogP contribution in [0.5, 0.6) is 0 Å². The number of rotatable bonds is 1. The van der Waals surface area contributed by atoms with Crippen molar-refractivity contribution in [2.75, 3.05) is 24.6 Å². The van der Waals surface area contributed by atoms with Crippen molar-refractivity contribution < 1.29 is 9.21 Å². The molecule has 4 nitrogen and oxygen atoms in total. The van der Waals surface area contributed by atoms with E-state index in [2.05, 4.69) is 15.9 Å². The lowest BCUT2D eigenvalue weighted by Gasteiger charge is -2.26. The summed E-state index contributed by atoms with van der Waals surface area (Å²) in [6, 6.07) is 3.71. The average molecular weight is 329 g/mol. The van der Waals surface area contributed by atoms with E-state index in [-0.39, 0.29) is 5.91 Å². The van der Waals surface area contributed by atoms with Gasteiger partial charge >= 0.3 is 0 Å². The first-order valence-corrected chi connectivity index (χ1v) is 7.73. The molecule has 0 atom stereocenters. The molecule has 0 saturated carbocycles. The van der Waals surface area contributed by atoms with E-state index in [1.807, 2.05) is 40.4 Å². The second kappa shape index (κ2) is 4.66. The zero-order chi connectivity index (χ0) is 12.7. The molecule has 1 aliphatic rings. The first kappa shape index (κ1) is 12.2. The van der Waals surface area contributed by atoms with Crippen LogP contribution in [0.3, 0.4) is 0 Å². The first-order valence-electron chi connectivity index (χ1n) is 5.78. The Morgan fingerprint density at radius 3 is 2.78 bits per heavy atom. The van der Waals surface area contributed by atoms with Gasteiger partial charge in [0, 0.05) is 43.8 Å². The molecule has 1 fully saturated rings. The second-order valence-corrected chi connectivity index (χ2v) is 6.30. The molecule has 0 unspecified atom stereocenters. The van der Waals surface area contributed by atoms with Crippen molar-refractivity contribution >= 4 is 44.7 Å². The van der Waals surface area contributed by atoms with Gasteiger partial charge in [-0.15, -0.1) is 0 Å². The number of furan rings is 1. The lowest BCUT2D eigenvalue weighted by molar-refractivity contribution is 0.0763. The molecule has 1 amide bonds. The molecule has 0 bridgehead atoms. The minimum Gasteiger partial charge on any atom is -0.448 e. The molecule has 6 heteroatoms. The van der Waals surface area contributed by atoms with Gasteiger partial charge in [0.15, 0.2) is 10.3 Å². The van der Waals surface area contributed by atoms with Crippen molar-refractivity contribution in [2.24, 2.45) is 7.05 Å². The largest absolute Gasteiger partial charge is 0.448 e. The molecule has 0 spiro atoms. The normalized spacial score (nSPS) is 16.4. The summed E-state index contributed by atoms with van der Waals surface area (Å²) < 4.78 is 8.08. The molecular formula is C12H13BrN2O2S. The van der Waals surface area contributed by atoms with Gasteiger partial charge < -0.3 is 13.9 Å². The number of nitrogens with zero attached hydrogens (tertiary/aromatic N) is 2. The molecule has 18 heavy (non-hydrogen) atoms. The molecule has 0 aliphatic carbocycles. The molecule has 2 aromatic heterocycles. The van der Waals surface area contributed by atoms with Gasteiger partial charge in [-0.25, -0.2) is 0 Å². The van der Waals surface area contributed by atoms with E-state index < -0.39 is 0 Å². The molecule has 0 aromatic carbocycles. The standard InChI is InChI=1S/C12H13BrN2O2S/c1-14-8-7-11(13)17-10(8)6-9(14)12(16)15-2-4-18-5-3-15/h6-7H,2-5H2,1H3. The van der Waals surface area contributed by atoms with Gasteiger partial charge in [-0.1, -0.05) is 0 Å². The number of carbonyl (C=O) groups excluding carboxylic acids is 1. The minimum absolute atomic E-state index is 0.0975. The number of thioether (sulfide) groups is 1.